The number of terminal acetylenes is 1. The number of fused-ring (bicyclic) bond motifs is 1. The number of hydrogen-bond acceptors (Lipinski definition) is 2. The van der Waals surface area contributed by atoms with Crippen molar-refractivity contribution in [2.24, 2.45) is 5.10 Å². The highest BCUT2D eigenvalue weighted by atomic mass is 19.2. The molecule has 0 atom stereocenters. The summed E-state index contributed by atoms with van der Waals surface area (Å²) in [5.74, 6) is -7.75. The van der Waals surface area contributed by atoms with E-state index in [2.05, 4.69) is 11.0 Å². The summed E-state index contributed by atoms with van der Waals surface area (Å²) in [4.78, 5) is 0. The van der Waals surface area contributed by atoms with Crippen LogP contribution in [0, 0.1) is 55.3 Å². The first-order chi connectivity index (χ1) is 13.3. The van der Waals surface area contributed by atoms with Crippen molar-refractivity contribution in [3.05, 3.63) is 64.1 Å². The van der Waals surface area contributed by atoms with Crippen LogP contribution in [0.5, 0.6) is 0 Å². The highest BCUT2D eigenvalue weighted by molar-refractivity contribution is 6.02. The molecular weight excluding hydrogens is 377 g/mol. The zero-order valence-corrected chi connectivity index (χ0v) is 14.9. The molecule has 28 heavy (non-hydrogen) atoms. The van der Waals surface area contributed by atoms with E-state index in [0.29, 0.717) is 12.1 Å². The minimum absolute atomic E-state index is 0.298. The molecule has 1 heterocycles. The maximum absolute atomic E-state index is 13.7. The Hall–Kier alpha value is -3.34. The molecule has 0 aliphatic heterocycles. The largest absolute Gasteiger partial charge is 0.332 e. The Labute approximate surface area is 157 Å². The molecule has 8 heteroatoms. The van der Waals surface area contributed by atoms with Crippen LogP contribution in [-0.2, 0) is 6.54 Å². The fourth-order valence-electron chi connectivity index (χ4n) is 3.06. The molecule has 144 valence electrons. The summed E-state index contributed by atoms with van der Waals surface area (Å²) < 4.78 is 69.0. The number of halogens is 5. The molecule has 1 aromatic heterocycles. The van der Waals surface area contributed by atoms with Gasteiger partial charge in [-0.05, 0) is 19.4 Å². The monoisotopic (exact) mass is 391 g/mol. The number of benzene rings is 2. The lowest BCUT2D eigenvalue weighted by molar-refractivity contribution is 0.381. The van der Waals surface area contributed by atoms with Crippen molar-refractivity contribution in [1.29, 1.82) is 0 Å². The third-order valence-corrected chi connectivity index (χ3v) is 4.42. The Kier molecular flexibility index (Phi) is 5.10. The number of aromatic nitrogens is 1. The molecule has 0 unspecified atom stereocenters. The number of para-hydroxylation sites is 1. The van der Waals surface area contributed by atoms with Crippen molar-refractivity contribution in [1.82, 2.24) is 4.57 Å². The average molecular weight is 391 g/mol. The van der Waals surface area contributed by atoms with Gasteiger partial charge in [0, 0.05) is 16.6 Å². The van der Waals surface area contributed by atoms with E-state index in [1.165, 1.54) is 6.21 Å². The fourth-order valence-corrected chi connectivity index (χ4v) is 3.06. The highest BCUT2D eigenvalue weighted by Gasteiger charge is 2.25. The topological polar surface area (TPSA) is 29.3 Å². The molecule has 0 amide bonds. The van der Waals surface area contributed by atoms with E-state index in [9.17, 15) is 22.0 Å². The van der Waals surface area contributed by atoms with Gasteiger partial charge in [0.1, 0.15) is 5.69 Å². The fraction of sp³-hybridized carbons (Fsp3) is 0.150. The summed E-state index contributed by atoms with van der Waals surface area (Å²) >= 11 is 0. The van der Waals surface area contributed by atoms with Crippen LogP contribution in [0.25, 0.3) is 10.9 Å². The van der Waals surface area contributed by atoms with E-state index in [4.69, 9.17) is 6.42 Å². The molecule has 0 fully saturated rings. The summed E-state index contributed by atoms with van der Waals surface area (Å²) in [6.07, 6.45) is 6.68. The van der Waals surface area contributed by atoms with Gasteiger partial charge in [0.25, 0.3) is 0 Å². The SMILES string of the molecule is C#CCn1c(C)c(/C=N/Nc2c(F)c(F)c(F)c(F)c2F)c2cccc(C)c21. The lowest BCUT2D eigenvalue weighted by Gasteiger charge is -2.07. The first-order valence-corrected chi connectivity index (χ1v) is 8.12. The lowest BCUT2D eigenvalue weighted by atomic mass is 10.1. The van der Waals surface area contributed by atoms with Gasteiger partial charge in [0.2, 0.25) is 5.82 Å². The van der Waals surface area contributed by atoms with Gasteiger partial charge in [-0.2, -0.15) is 5.10 Å². The minimum atomic E-state index is -2.23. The number of anilines is 1. The number of aryl methyl sites for hydroxylation is 1. The zero-order valence-electron chi connectivity index (χ0n) is 14.9. The predicted molar refractivity (Wildman–Crippen MR) is 97.7 cm³/mol. The molecule has 0 bridgehead atoms. The highest BCUT2D eigenvalue weighted by Crippen LogP contribution is 2.29. The molecule has 0 saturated heterocycles. The average Bonchev–Trinajstić information content (AvgIpc) is 2.94. The first kappa shape index (κ1) is 19.4. The first-order valence-electron chi connectivity index (χ1n) is 8.12. The van der Waals surface area contributed by atoms with E-state index in [1.54, 1.807) is 6.92 Å². The van der Waals surface area contributed by atoms with Gasteiger partial charge in [-0.1, -0.05) is 24.1 Å². The van der Waals surface area contributed by atoms with E-state index < -0.39 is 34.8 Å². The Morgan fingerprint density at radius 3 is 2.25 bits per heavy atom. The second-order valence-electron chi connectivity index (χ2n) is 6.08. The third kappa shape index (κ3) is 2.99. The van der Waals surface area contributed by atoms with Gasteiger partial charge < -0.3 is 4.57 Å². The molecule has 1 N–H and O–H groups in total. The molecule has 3 aromatic rings. The molecule has 0 aliphatic rings. The van der Waals surface area contributed by atoms with Crippen molar-refractivity contribution >= 4 is 22.8 Å². The second-order valence-corrected chi connectivity index (χ2v) is 6.08. The van der Waals surface area contributed by atoms with Crippen molar-refractivity contribution < 1.29 is 22.0 Å². The predicted octanol–water partition coefficient (Wildman–Crippen LogP) is 5.03. The zero-order chi connectivity index (χ0) is 20.6. The van der Waals surface area contributed by atoms with Crippen LogP contribution in [0.15, 0.2) is 23.3 Å². The van der Waals surface area contributed by atoms with Crippen molar-refractivity contribution in [3.63, 3.8) is 0 Å². The number of nitrogens with one attached hydrogen (secondary N) is 1. The van der Waals surface area contributed by atoms with E-state index in [1.807, 2.05) is 35.1 Å². The summed E-state index contributed by atoms with van der Waals surface area (Å²) in [5, 5.41) is 4.47. The maximum atomic E-state index is 13.7. The normalized spacial score (nSPS) is 11.4. The van der Waals surface area contributed by atoms with E-state index >= 15 is 0 Å². The van der Waals surface area contributed by atoms with Crippen molar-refractivity contribution in [3.8, 4) is 12.3 Å². The van der Waals surface area contributed by atoms with Crippen LogP contribution in [-0.4, -0.2) is 10.8 Å². The van der Waals surface area contributed by atoms with Crippen molar-refractivity contribution in [2.45, 2.75) is 20.4 Å². The molecule has 0 saturated carbocycles. The molecule has 0 spiro atoms. The van der Waals surface area contributed by atoms with Crippen LogP contribution < -0.4 is 5.43 Å². The van der Waals surface area contributed by atoms with Crippen LogP contribution in [0.4, 0.5) is 27.6 Å². The second kappa shape index (κ2) is 7.35. The Morgan fingerprint density at radius 2 is 1.64 bits per heavy atom. The smallest absolute Gasteiger partial charge is 0.200 e. The van der Waals surface area contributed by atoms with Crippen LogP contribution in [0.2, 0.25) is 0 Å². The standard InChI is InChI=1S/C20H14F5N3/c1-4-8-28-11(3)13(12-7-5-6-10(2)20(12)28)9-26-27-19-17(24)15(22)14(21)16(23)18(19)25/h1,5-7,9,27H,8H2,2-3H3/b26-9+. The molecular formula is C20H14F5N3. The minimum Gasteiger partial charge on any atom is -0.332 e. The summed E-state index contributed by atoms with van der Waals surface area (Å²) in [6.45, 7) is 3.99. The van der Waals surface area contributed by atoms with Crippen LogP contribution >= 0.6 is 0 Å². The molecule has 2 aromatic carbocycles. The van der Waals surface area contributed by atoms with Crippen LogP contribution in [0.1, 0.15) is 16.8 Å². The van der Waals surface area contributed by atoms with Gasteiger partial charge in [-0.15, -0.1) is 6.42 Å². The molecule has 0 radical (unpaired) electrons. The van der Waals surface area contributed by atoms with E-state index in [-0.39, 0.29) is 0 Å². The van der Waals surface area contributed by atoms with Gasteiger partial charge >= 0.3 is 0 Å². The molecule has 3 nitrogen and oxygen atoms in total. The number of nitrogens with zero attached hydrogens (tertiary/aromatic N) is 2. The number of hydrazone groups is 1. The summed E-state index contributed by atoms with van der Waals surface area (Å²) in [6, 6.07) is 5.55. The Balaban J connectivity index is 2.06. The summed E-state index contributed by atoms with van der Waals surface area (Å²) in [5.41, 5.74) is 3.86. The van der Waals surface area contributed by atoms with Gasteiger partial charge in [-0.3, -0.25) is 5.43 Å². The van der Waals surface area contributed by atoms with Gasteiger partial charge in [-0.25, -0.2) is 22.0 Å². The van der Waals surface area contributed by atoms with E-state index in [0.717, 1.165) is 22.2 Å². The maximum Gasteiger partial charge on any atom is 0.200 e. The quantitative estimate of drug-likeness (QED) is 0.166. The summed E-state index contributed by atoms with van der Waals surface area (Å²) in [7, 11) is 0. The Morgan fingerprint density at radius 1 is 1.04 bits per heavy atom. The van der Waals surface area contributed by atoms with Gasteiger partial charge in [0.15, 0.2) is 23.3 Å². The van der Waals surface area contributed by atoms with Crippen molar-refractivity contribution in [2.75, 3.05) is 5.43 Å². The lowest BCUT2D eigenvalue weighted by Crippen LogP contribution is -2.06. The third-order valence-electron chi connectivity index (χ3n) is 4.42. The number of rotatable bonds is 4. The molecule has 0 aliphatic carbocycles. The van der Waals surface area contributed by atoms with Crippen LogP contribution in [0.3, 0.4) is 0 Å². The molecule has 3 rings (SSSR count). The number of hydrogen-bond donors (Lipinski definition) is 1. The van der Waals surface area contributed by atoms with Gasteiger partial charge in [0.05, 0.1) is 18.3 Å². The Bertz CT molecular complexity index is 1130.